The van der Waals surface area contributed by atoms with Crippen LogP contribution in [0.2, 0.25) is 0 Å². The molecular weight excluding hydrogens is 542 g/mol. The van der Waals surface area contributed by atoms with E-state index in [4.69, 9.17) is 0 Å². The van der Waals surface area contributed by atoms with Gasteiger partial charge >= 0.3 is 5.97 Å². The van der Waals surface area contributed by atoms with E-state index in [1.807, 2.05) is 19.1 Å². The second kappa shape index (κ2) is 10.2. The van der Waals surface area contributed by atoms with E-state index in [0.29, 0.717) is 36.4 Å². The molecule has 0 amide bonds. The van der Waals surface area contributed by atoms with E-state index < -0.39 is 18.0 Å². The summed E-state index contributed by atoms with van der Waals surface area (Å²) in [6, 6.07) is 4.87. The summed E-state index contributed by atoms with van der Waals surface area (Å²) in [5.74, 6) is -1.14. The second-order valence-corrected chi connectivity index (χ2v) is 10.8. The van der Waals surface area contributed by atoms with Crippen LogP contribution in [0.5, 0.6) is 0 Å². The smallest absolute Gasteiger partial charge is 0.306 e. The van der Waals surface area contributed by atoms with Crippen molar-refractivity contribution in [2.24, 2.45) is 11.8 Å². The summed E-state index contributed by atoms with van der Waals surface area (Å²) in [6.07, 6.45) is 2.63. The molecule has 186 valence electrons. The minimum absolute atomic E-state index is 0.0698. The molecule has 0 spiro atoms. The number of anilines is 2. The second-order valence-electron chi connectivity index (χ2n) is 8.95. The van der Waals surface area contributed by atoms with Crippen molar-refractivity contribution in [1.29, 1.82) is 0 Å². The first-order chi connectivity index (χ1) is 16.6. The molecule has 1 fully saturated rings. The van der Waals surface area contributed by atoms with Crippen molar-refractivity contribution in [3.05, 3.63) is 51.3 Å². The van der Waals surface area contributed by atoms with Crippen molar-refractivity contribution in [3.8, 4) is 10.4 Å². The van der Waals surface area contributed by atoms with Crippen molar-refractivity contribution in [1.82, 2.24) is 15.0 Å². The Labute approximate surface area is 213 Å². The maximum Gasteiger partial charge on any atom is 0.306 e. The highest BCUT2D eigenvalue weighted by molar-refractivity contribution is 9.10. The predicted octanol–water partition coefficient (Wildman–Crippen LogP) is 6.45. The SMILES string of the molecule is Cc1cc(Nc2nccc(C(F)F)n2)cc(-c2cnc(C(C)(O)[C@H]3CC[C@H](C(=O)O)CC3)s2)c1Br. The van der Waals surface area contributed by atoms with Crippen LogP contribution in [0.25, 0.3) is 10.4 Å². The zero-order chi connectivity index (χ0) is 25.3. The molecule has 11 heteroatoms. The summed E-state index contributed by atoms with van der Waals surface area (Å²) < 4.78 is 26.8. The molecule has 1 aromatic carbocycles. The van der Waals surface area contributed by atoms with E-state index in [1.54, 1.807) is 13.1 Å². The number of rotatable bonds is 7. The summed E-state index contributed by atoms with van der Waals surface area (Å²) in [7, 11) is 0. The molecule has 2 aromatic heterocycles. The molecular formula is C24H25BrF2N4O3S. The van der Waals surface area contributed by atoms with Crippen LogP contribution in [-0.2, 0) is 10.4 Å². The summed E-state index contributed by atoms with van der Waals surface area (Å²) >= 11 is 5.00. The van der Waals surface area contributed by atoms with Gasteiger partial charge in [0.25, 0.3) is 6.43 Å². The van der Waals surface area contributed by atoms with Gasteiger partial charge in [0.1, 0.15) is 16.3 Å². The molecule has 3 N–H and O–H groups in total. The molecule has 1 aliphatic carbocycles. The Morgan fingerprint density at radius 3 is 2.63 bits per heavy atom. The van der Waals surface area contributed by atoms with Gasteiger partial charge in [-0.3, -0.25) is 4.79 Å². The maximum atomic E-state index is 13.0. The van der Waals surface area contributed by atoms with Crippen molar-refractivity contribution in [3.63, 3.8) is 0 Å². The fraction of sp³-hybridized carbons (Fsp3) is 0.417. The van der Waals surface area contributed by atoms with E-state index in [1.165, 1.54) is 23.6 Å². The van der Waals surface area contributed by atoms with Gasteiger partial charge in [-0.1, -0.05) is 0 Å². The molecule has 35 heavy (non-hydrogen) atoms. The molecule has 2 heterocycles. The molecule has 1 saturated carbocycles. The molecule has 1 unspecified atom stereocenters. The molecule has 0 radical (unpaired) electrons. The Hall–Kier alpha value is -2.50. The Balaban J connectivity index is 1.58. The number of halogens is 3. The van der Waals surface area contributed by atoms with E-state index in [0.717, 1.165) is 20.5 Å². The van der Waals surface area contributed by atoms with Gasteiger partial charge in [0.2, 0.25) is 5.95 Å². The van der Waals surface area contributed by atoms with Crippen molar-refractivity contribution in [2.45, 2.75) is 51.6 Å². The lowest BCUT2D eigenvalue weighted by molar-refractivity contribution is -0.144. The molecule has 4 rings (SSSR count). The minimum atomic E-state index is -2.69. The monoisotopic (exact) mass is 566 g/mol. The molecule has 7 nitrogen and oxygen atoms in total. The van der Waals surface area contributed by atoms with Gasteiger partial charge in [-0.2, -0.15) is 0 Å². The third kappa shape index (κ3) is 5.52. The lowest BCUT2D eigenvalue weighted by atomic mass is 9.74. The van der Waals surface area contributed by atoms with E-state index in [2.05, 4.69) is 36.2 Å². The molecule has 3 aromatic rings. The lowest BCUT2D eigenvalue weighted by Gasteiger charge is -2.35. The highest BCUT2D eigenvalue weighted by Crippen LogP contribution is 2.45. The Kier molecular flexibility index (Phi) is 7.48. The topological polar surface area (TPSA) is 108 Å². The van der Waals surface area contributed by atoms with Crippen LogP contribution in [0, 0.1) is 18.8 Å². The quantitative estimate of drug-likeness (QED) is 0.301. The Morgan fingerprint density at radius 1 is 1.26 bits per heavy atom. The van der Waals surface area contributed by atoms with Crippen LogP contribution >= 0.6 is 27.3 Å². The number of nitrogens with zero attached hydrogens (tertiary/aromatic N) is 3. The molecule has 0 bridgehead atoms. The number of aryl methyl sites for hydroxylation is 1. The number of aliphatic hydroxyl groups is 1. The fourth-order valence-electron chi connectivity index (χ4n) is 4.41. The van der Waals surface area contributed by atoms with E-state index >= 15 is 0 Å². The number of carboxylic acids is 1. The lowest BCUT2D eigenvalue weighted by Crippen LogP contribution is -2.35. The highest BCUT2D eigenvalue weighted by atomic mass is 79.9. The van der Waals surface area contributed by atoms with Gasteiger partial charge in [-0.15, -0.1) is 11.3 Å². The number of hydrogen-bond donors (Lipinski definition) is 3. The Bertz CT molecular complexity index is 1230. The molecule has 1 atom stereocenters. The number of thiazole rings is 1. The van der Waals surface area contributed by atoms with Crippen LogP contribution < -0.4 is 5.32 Å². The van der Waals surface area contributed by atoms with Gasteiger partial charge in [-0.05, 0) is 85.1 Å². The van der Waals surface area contributed by atoms with Crippen LogP contribution in [0.3, 0.4) is 0 Å². The summed E-state index contributed by atoms with van der Waals surface area (Å²) in [4.78, 5) is 24.5. The number of nitrogens with one attached hydrogen (secondary N) is 1. The third-order valence-corrected chi connectivity index (χ3v) is 8.80. The normalized spacial score (nSPS) is 20.0. The number of carboxylic acid groups (broad SMARTS) is 1. The fourth-order valence-corrected chi connectivity index (χ4v) is 6.05. The third-order valence-electron chi connectivity index (χ3n) is 6.49. The summed E-state index contributed by atoms with van der Waals surface area (Å²) in [6.45, 7) is 3.65. The van der Waals surface area contributed by atoms with Gasteiger partial charge in [0.05, 0.1) is 10.8 Å². The first-order valence-electron chi connectivity index (χ1n) is 11.2. The number of carbonyl (C=O) groups is 1. The summed E-state index contributed by atoms with van der Waals surface area (Å²) in [5, 5.41) is 24.2. The van der Waals surface area contributed by atoms with Gasteiger partial charge in [-0.25, -0.2) is 23.7 Å². The van der Waals surface area contributed by atoms with Crippen LogP contribution in [-0.4, -0.2) is 31.1 Å². The predicted molar refractivity (Wildman–Crippen MR) is 133 cm³/mol. The zero-order valence-electron chi connectivity index (χ0n) is 19.1. The number of aliphatic carboxylic acids is 1. The average molecular weight is 567 g/mol. The number of aromatic nitrogens is 3. The van der Waals surface area contributed by atoms with Gasteiger partial charge < -0.3 is 15.5 Å². The van der Waals surface area contributed by atoms with Crippen LogP contribution in [0.1, 0.15) is 55.3 Å². The zero-order valence-corrected chi connectivity index (χ0v) is 21.5. The van der Waals surface area contributed by atoms with Gasteiger partial charge in [0, 0.05) is 28.1 Å². The largest absolute Gasteiger partial charge is 0.481 e. The summed E-state index contributed by atoms with van der Waals surface area (Å²) in [5.41, 5.74) is 0.826. The van der Waals surface area contributed by atoms with Crippen LogP contribution in [0.15, 0.2) is 35.1 Å². The molecule has 1 aliphatic rings. The first-order valence-corrected chi connectivity index (χ1v) is 12.8. The average Bonchev–Trinajstić information content (AvgIpc) is 3.32. The van der Waals surface area contributed by atoms with Crippen molar-refractivity contribution in [2.75, 3.05) is 5.32 Å². The molecule has 0 aliphatic heterocycles. The van der Waals surface area contributed by atoms with Crippen LogP contribution in [0.4, 0.5) is 20.4 Å². The number of benzene rings is 1. The Morgan fingerprint density at radius 2 is 1.97 bits per heavy atom. The van der Waals surface area contributed by atoms with Crippen molar-refractivity contribution >= 4 is 44.9 Å². The van der Waals surface area contributed by atoms with Crippen molar-refractivity contribution < 1.29 is 23.8 Å². The first kappa shape index (κ1) is 25.6. The number of hydrogen-bond acceptors (Lipinski definition) is 7. The van der Waals surface area contributed by atoms with E-state index in [-0.39, 0.29) is 23.5 Å². The highest BCUT2D eigenvalue weighted by Gasteiger charge is 2.40. The maximum absolute atomic E-state index is 13.0. The van der Waals surface area contributed by atoms with Gasteiger partial charge in [0.15, 0.2) is 0 Å². The number of alkyl halides is 2. The minimum Gasteiger partial charge on any atom is -0.481 e. The molecule has 0 saturated heterocycles. The van der Waals surface area contributed by atoms with E-state index in [9.17, 15) is 23.8 Å². The standard InChI is InChI=1S/C24H25BrF2N4O3S/c1-12-9-15(30-23-28-8-7-17(31-23)20(26)27)10-16(19(12)25)18-11-29-22(35-18)24(2,34)14-5-3-13(4-6-14)21(32)33/h7-11,13-14,20,34H,3-6H2,1-2H3,(H,32,33)(H,28,30,31)/t13-,14-,24?.